The number of hydrogen-bond acceptors (Lipinski definition) is 8. The molecule has 4 rings (SSSR count). The Balaban J connectivity index is 1.51. The van der Waals surface area contributed by atoms with Crippen LogP contribution in [0.5, 0.6) is 11.5 Å². The third-order valence-corrected chi connectivity index (χ3v) is 5.04. The van der Waals surface area contributed by atoms with Crippen molar-refractivity contribution in [1.29, 1.82) is 0 Å². The minimum Gasteiger partial charge on any atom is -0.508 e. The molecule has 9 nitrogen and oxygen atoms in total. The number of carbonyl (C=O) groups excluding carboxylic acids is 1. The van der Waals surface area contributed by atoms with Gasteiger partial charge in [-0.2, -0.15) is 0 Å². The fourth-order valence-electron chi connectivity index (χ4n) is 3.47. The molecule has 0 radical (unpaired) electrons. The van der Waals surface area contributed by atoms with Gasteiger partial charge in [-0.25, -0.2) is 9.97 Å². The van der Waals surface area contributed by atoms with Crippen molar-refractivity contribution in [2.75, 3.05) is 37.2 Å². The van der Waals surface area contributed by atoms with E-state index >= 15 is 0 Å². The average Bonchev–Trinajstić information content (AvgIpc) is 2.75. The first kappa shape index (κ1) is 20.6. The van der Waals surface area contributed by atoms with E-state index in [-0.39, 0.29) is 28.7 Å². The Bertz CT molecular complexity index is 1060. The zero-order valence-corrected chi connectivity index (χ0v) is 16.9. The molecule has 0 aliphatic carbocycles. The molecule has 160 valence electrons. The predicted octanol–water partition coefficient (Wildman–Crippen LogP) is 1.79. The summed E-state index contributed by atoms with van der Waals surface area (Å²) >= 11 is 0. The number of anilines is 2. The third kappa shape index (κ3) is 5.08. The predicted molar refractivity (Wildman–Crippen MR) is 118 cm³/mol. The lowest BCUT2D eigenvalue weighted by Gasteiger charge is -2.27. The maximum Gasteiger partial charge on any atom is 0.278 e. The molecule has 2 aromatic carbocycles. The average molecular weight is 420 g/mol. The molecule has 1 fully saturated rings. The highest BCUT2D eigenvalue weighted by Crippen LogP contribution is 2.25. The summed E-state index contributed by atoms with van der Waals surface area (Å²) < 4.78 is 0. The second-order valence-corrected chi connectivity index (χ2v) is 7.40. The molecule has 0 saturated carbocycles. The van der Waals surface area contributed by atoms with Crippen LogP contribution in [0.3, 0.4) is 0 Å². The van der Waals surface area contributed by atoms with Crippen molar-refractivity contribution in [3.63, 3.8) is 0 Å². The van der Waals surface area contributed by atoms with E-state index in [2.05, 4.69) is 25.5 Å². The van der Waals surface area contributed by atoms with Gasteiger partial charge in [0.1, 0.15) is 11.5 Å². The van der Waals surface area contributed by atoms with Crippen LogP contribution >= 0.6 is 0 Å². The van der Waals surface area contributed by atoms with Crippen LogP contribution in [0.15, 0.2) is 48.7 Å². The van der Waals surface area contributed by atoms with E-state index in [9.17, 15) is 15.0 Å². The fourth-order valence-corrected chi connectivity index (χ4v) is 3.47. The largest absolute Gasteiger partial charge is 0.508 e. The number of aromatic nitrogens is 2. The van der Waals surface area contributed by atoms with Gasteiger partial charge in [-0.15, -0.1) is 0 Å². The molecule has 3 aromatic rings. The number of phenolic OH excluding ortho intramolecular Hbond substituents is 2. The van der Waals surface area contributed by atoms with Gasteiger partial charge in [-0.1, -0.05) is 24.3 Å². The van der Waals surface area contributed by atoms with Crippen molar-refractivity contribution in [2.45, 2.75) is 6.54 Å². The highest BCUT2D eigenvalue weighted by Gasteiger charge is 2.16. The van der Waals surface area contributed by atoms with Gasteiger partial charge >= 0.3 is 0 Å². The Kier molecular flexibility index (Phi) is 5.96. The van der Waals surface area contributed by atoms with E-state index in [0.717, 1.165) is 44.4 Å². The first-order valence-corrected chi connectivity index (χ1v) is 9.97. The summed E-state index contributed by atoms with van der Waals surface area (Å²) in [5.74, 6) is -0.957. The van der Waals surface area contributed by atoms with Gasteiger partial charge in [0.15, 0.2) is 11.5 Å². The molecule has 1 aromatic heterocycles. The van der Waals surface area contributed by atoms with E-state index in [1.165, 1.54) is 23.9 Å². The van der Waals surface area contributed by atoms with Gasteiger partial charge in [0.05, 0.1) is 11.9 Å². The number of phenols is 2. The normalized spacial score (nSPS) is 14.3. The van der Waals surface area contributed by atoms with Crippen LogP contribution in [0.2, 0.25) is 0 Å². The molecule has 1 aliphatic rings. The number of nitrogens with zero attached hydrogens (tertiary/aromatic N) is 3. The van der Waals surface area contributed by atoms with Gasteiger partial charge in [-0.05, 0) is 5.56 Å². The summed E-state index contributed by atoms with van der Waals surface area (Å²) in [5.41, 5.74) is 8.59. The maximum absolute atomic E-state index is 12.6. The molecule has 1 aliphatic heterocycles. The SMILES string of the molecule is Nc1ncc(-c2ccc(CN3CCNCC3)cc2)nc1C(=O)Nc1cc(O)cc(O)c1. The van der Waals surface area contributed by atoms with E-state index in [1.807, 2.05) is 24.3 Å². The summed E-state index contributed by atoms with van der Waals surface area (Å²) in [6.07, 6.45) is 1.53. The van der Waals surface area contributed by atoms with Crippen LogP contribution in [0.25, 0.3) is 11.3 Å². The van der Waals surface area contributed by atoms with Crippen molar-refractivity contribution >= 4 is 17.4 Å². The standard InChI is InChI=1S/C22H24N6O3/c23-21-20(22(31)26-16-9-17(29)11-18(30)10-16)27-19(12-25-21)15-3-1-14(2-4-15)13-28-7-5-24-6-8-28/h1-4,9-12,24,29-30H,5-8,13H2,(H2,23,25)(H,26,31). The summed E-state index contributed by atoms with van der Waals surface area (Å²) in [6.45, 7) is 4.96. The second kappa shape index (κ2) is 8.99. The first-order chi connectivity index (χ1) is 15.0. The van der Waals surface area contributed by atoms with Gasteiger partial charge in [0, 0.05) is 62.2 Å². The number of amides is 1. The molecule has 1 amide bonds. The molecular weight excluding hydrogens is 396 g/mol. The summed E-state index contributed by atoms with van der Waals surface area (Å²) in [7, 11) is 0. The lowest BCUT2D eigenvalue weighted by molar-refractivity contribution is 0.102. The molecule has 1 saturated heterocycles. The number of piperazine rings is 1. The van der Waals surface area contributed by atoms with Crippen molar-refractivity contribution in [3.8, 4) is 22.8 Å². The first-order valence-electron chi connectivity index (χ1n) is 9.97. The van der Waals surface area contributed by atoms with Gasteiger partial charge in [0.25, 0.3) is 5.91 Å². The number of nitrogen functional groups attached to an aromatic ring is 1. The number of rotatable bonds is 5. The number of benzene rings is 2. The van der Waals surface area contributed by atoms with Crippen LogP contribution in [0, 0.1) is 0 Å². The van der Waals surface area contributed by atoms with Crippen molar-refractivity contribution < 1.29 is 15.0 Å². The van der Waals surface area contributed by atoms with Crippen molar-refractivity contribution in [2.24, 2.45) is 0 Å². The number of hydrogen-bond donors (Lipinski definition) is 5. The zero-order valence-electron chi connectivity index (χ0n) is 16.9. The molecule has 0 bridgehead atoms. The monoisotopic (exact) mass is 420 g/mol. The van der Waals surface area contributed by atoms with E-state index in [4.69, 9.17) is 5.73 Å². The Morgan fingerprint density at radius 1 is 1.10 bits per heavy atom. The van der Waals surface area contributed by atoms with E-state index < -0.39 is 5.91 Å². The lowest BCUT2D eigenvalue weighted by Crippen LogP contribution is -2.42. The Labute approximate surface area is 179 Å². The Morgan fingerprint density at radius 3 is 2.45 bits per heavy atom. The quantitative estimate of drug-likeness (QED) is 0.421. The molecular formula is C22H24N6O3. The van der Waals surface area contributed by atoms with Crippen molar-refractivity contribution in [3.05, 3.63) is 59.9 Å². The molecule has 0 atom stereocenters. The van der Waals surface area contributed by atoms with E-state index in [1.54, 1.807) is 0 Å². The number of carbonyl (C=O) groups is 1. The van der Waals surface area contributed by atoms with Crippen LogP contribution in [-0.2, 0) is 6.54 Å². The van der Waals surface area contributed by atoms with Crippen LogP contribution in [0.4, 0.5) is 11.5 Å². The van der Waals surface area contributed by atoms with E-state index in [0.29, 0.717) is 5.69 Å². The maximum atomic E-state index is 12.6. The highest BCUT2D eigenvalue weighted by atomic mass is 16.3. The minimum atomic E-state index is -0.591. The summed E-state index contributed by atoms with van der Waals surface area (Å²) in [5, 5.41) is 25.1. The van der Waals surface area contributed by atoms with Crippen molar-refractivity contribution in [1.82, 2.24) is 20.2 Å². The molecule has 31 heavy (non-hydrogen) atoms. The number of aromatic hydroxyl groups is 2. The summed E-state index contributed by atoms with van der Waals surface area (Å²) in [6, 6.07) is 11.8. The zero-order chi connectivity index (χ0) is 21.8. The van der Waals surface area contributed by atoms with Gasteiger partial charge in [0.2, 0.25) is 0 Å². The fraction of sp³-hybridized carbons (Fsp3) is 0.227. The molecule has 0 spiro atoms. The Morgan fingerprint density at radius 2 is 1.77 bits per heavy atom. The van der Waals surface area contributed by atoms with Crippen LogP contribution in [0.1, 0.15) is 16.1 Å². The summed E-state index contributed by atoms with van der Waals surface area (Å²) in [4.78, 5) is 23.5. The third-order valence-electron chi connectivity index (χ3n) is 5.04. The van der Waals surface area contributed by atoms with Gasteiger partial charge < -0.3 is 26.6 Å². The highest BCUT2D eigenvalue weighted by molar-refractivity contribution is 6.06. The molecule has 9 heteroatoms. The topological polar surface area (TPSA) is 137 Å². The van der Waals surface area contributed by atoms with Crippen LogP contribution in [-0.4, -0.2) is 57.2 Å². The second-order valence-electron chi connectivity index (χ2n) is 7.40. The Hall–Kier alpha value is -3.69. The number of nitrogens with two attached hydrogens (primary N) is 1. The van der Waals surface area contributed by atoms with Crippen LogP contribution < -0.4 is 16.4 Å². The molecule has 2 heterocycles. The smallest absolute Gasteiger partial charge is 0.278 e. The number of nitrogens with one attached hydrogen (secondary N) is 2. The molecule has 6 N–H and O–H groups in total. The molecule has 0 unspecified atom stereocenters. The minimum absolute atomic E-state index is 0.0130. The lowest BCUT2D eigenvalue weighted by atomic mass is 10.1. The van der Waals surface area contributed by atoms with Gasteiger partial charge in [-0.3, -0.25) is 9.69 Å².